The second-order valence-electron chi connectivity index (χ2n) is 5.96. The Morgan fingerprint density at radius 1 is 1.30 bits per heavy atom. The van der Waals surface area contributed by atoms with E-state index in [1.807, 2.05) is 4.90 Å². The van der Waals surface area contributed by atoms with Gasteiger partial charge in [-0.3, -0.25) is 4.79 Å². The van der Waals surface area contributed by atoms with Crippen LogP contribution in [0.2, 0.25) is 10.0 Å². The van der Waals surface area contributed by atoms with Gasteiger partial charge in [0.15, 0.2) is 0 Å². The Labute approximate surface area is 145 Å². The number of carbonyl (C=O) groups is 1. The zero-order valence-corrected chi connectivity index (χ0v) is 14.2. The lowest BCUT2D eigenvalue weighted by Crippen LogP contribution is -2.52. The Morgan fingerprint density at radius 2 is 2.04 bits per heavy atom. The molecule has 1 aromatic carbocycles. The molecule has 0 radical (unpaired) electrons. The normalized spacial score (nSPS) is 25.4. The zero-order chi connectivity index (χ0) is 16.4. The molecule has 126 valence electrons. The summed E-state index contributed by atoms with van der Waals surface area (Å²) in [4.78, 5) is 14.5. The maximum atomic E-state index is 12.7. The van der Waals surface area contributed by atoms with Gasteiger partial charge in [-0.2, -0.15) is 0 Å². The van der Waals surface area contributed by atoms with Crippen LogP contribution in [-0.4, -0.2) is 54.8 Å². The molecule has 2 aliphatic heterocycles. The third-order valence-corrected chi connectivity index (χ3v) is 5.36. The maximum absolute atomic E-state index is 12.7. The fraction of sp³-hybridized carbons (Fsp3) is 0.562. The van der Waals surface area contributed by atoms with Crippen molar-refractivity contribution in [3.63, 3.8) is 0 Å². The lowest BCUT2D eigenvalue weighted by molar-refractivity contribution is -0.138. The van der Waals surface area contributed by atoms with Gasteiger partial charge in [0.05, 0.1) is 29.3 Å². The first-order chi connectivity index (χ1) is 11.1. The molecule has 1 amide bonds. The molecule has 0 bridgehead atoms. The van der Waals surface area contributed by atoms with Crippen molar-refractivity contribution in [2.45, 2.75) is 24.8 Å². The number of hydrogen-bond donors (Lipinski definition) is 2. The number of amides is 1. The van der Waals surface area contributed by atoms with Crippen LogP contribution in [0.1, 0.15) is 24.3 Å². The number of nitrogens with one attached hydrogen (secondary N) is 1. The van der Waals surface area contributed by atoms with E-state index in [1.165, 1.54) is 0 Å². The van der Waals surface area contributed by atoms with Crippen LogP contribution >= 0.6 is 23.2 Å². The molecule has 2 fully saturated rings. The molecule has 2 aliphatic rings. The van der Waals surface area contributed by atoms with Gasteiger partial charge in [0.25, 0.3) is 0 Å². The van der Waals surface area contributed by atoms with Gasteiger partial charge in [-0.1, -0.05) is 23.2 Å². The van der Waals surface area contributed by atoms with Crippen molar-refractivity contribution in [2.24, 2.45) is 0 Å². The summed E-state index contributed by atoms with van der Waals surface area (Å²) in [5, 5.41) is 14.3. The molecule has 1 aromatic rings. The second-order valence-corrected chi connectivity index (χ2v) is 6.75. The van der Waals surface area contributed by atoms with Gasteiger partial charge in [-0.05, 0) is 37.4 Å². The van der Waals surface area contributed by atoms with E-state index in [0.29, 0.717) is 54.9 Å². The summed E-state index contributed by atoms with van der Waals surface area (Å²) in [6.07, 6.45) is 1.41. The topological polar surface area (TPSA) is 61.8 Å². The molecule has 2 heterocycles. The number of morpholine rings is 1. The maximum Gasteiger partial charge on any atom is 0.239 e. The molecule has 2 atom stereocenters. The summed E-state index contributed by atoms with van der Waals surface area (Å²) in [6, 6.07) is 2.88. The third kappa shape index (κ3) is 3.58. The number of rotatable bonds is 2. The van der Waals surface area contributed by atoms with Crippen molar-refractivity contribution in [1.29, 1.82) is 0 Å². The van der Waals surface area contributed by atoms with Crippen molar-refractivity contribution >= 4 is 29.1 Å². The summed E-state index contributed by atoms with van der Waals surface area (Å²) >= 11 is 12.4. The highest BCUT2D eigenvalue weighted by molar-refractivity contribution is 6.42. The van der Waals surface area contributed by atoms with E-state index in [9.17, 15) is 9.90 Å². The summed E-state index contributed by atoms with van der Waals surface area (Å²) in [5.74, 6) is 0.247. The number of piperidine rings is 1. The number of aromatic hydroxyl groups is 1. The molecule has 2 N–H and O–H groups in total. The average molecular weight is 359 g/mol. The van der Waals surface area contributed by atoms with Gasteiger partial charge in [0, 0.05) is 18.7 Å². The van der Waals surface area contributed by atoms with Crippen LogP contribution in [0.25, 0.3) is 0 Å². The van der Waals surface area contributed by atoms with E-state index < -0.39 is 0 Å². The molecule has 2 saturated heterocycles. The largest absolute Gasteiger partial charge is 0.508 e. The van der Waals surface area contributed by atoms with Gasteiger partial charge < -0.3 is 20.1 Å². The standard InChI is InChI=1S/C16H20Cl2N2O3/c17-11-1-2-13(21)14(15(11)18)10-3-4-19-12(9-10)16(22)20-5-7-23-8-6-20/h1-2,10,12,19,21H,3-9H2/t10-,12-/m1/s1. The Kier molecular flexibility index (Phi) is 5.31. The number of nitrogens with zero attached hydrogens (tertiary/aromatic N) is 1. The fourth-order valence-electron chi connectivity index (χ4n) is 3.32. The molecule has 0 aliphatic carbocycles. The monoisotopic (exact) mass is 358 g/mol. The summed E-state index contributed by atoms with van der Waals surface area (Å²) in [7, 11) is 0. The summed E-state index contributed by atoms with van der Waals surface area (Å²) in [5.41, 5.74) is 0.653. The molecular formula is C16H20Cl2N2O3. The molecule has 5 nitrogen and oxygen atoms in total. The van der Waals surface area contributed by atoms with E-state index in [4.69, 9.17) is 27.9 Å². The Hall–Kier alpha value is -1.01. The van der Waals surface area contributed by atoms with Crippen LogP contribution in [0.4, 0.5) is 0 Å². The highest BCUT2D eigenvalue weighted by Crippen LogP contribution is 2.41. The summed E-state index contributed by atoms with van der Waals surface area (Å²) in [6.45, 7) is 3.13. The Bertz CT molecular complexity index is 591. The number of phenols is 1. The number of benzene rings is 1. The van der Waals surface area contributed by atoms with Crippen LogP contribution in [0.3, 0.4) is 0 Å². The van der Waals surface area contributed by atoms with Crippen LogP contribution in [0.5, 0.6) is 5.75 Å². The molecular weight excluding hydrogens is 339 g/mol. The second kappa shape index (κ2) is 7.26. The SMILES string of the molecule is O=C([C@H]1C[C@H](c2c(O)ccc(Cl)c2Cl)CCN1)N1CCOCC1. The van der Waals surface area contributed by atoms with E-state index in [0.717, 1.165) is 6.42 Å². The van der Waals surface area contributed by atoms with E-state index >= 15 is 0 Å². The van der Waals surface area contributed by atoms with Crippen molar-refractivity contribution in [1.82, 2.24) is 10.2 Å². The third-order valence-electron chi connectivity index (χ3n) is 4.54. The first-order valence-electron chi connectivity index (χ1n) is 7.84. The van der Waals surface area contributed by atoms with Crippen molar-refractivity contribution in [2.75, 3.05) is 32.8 Å². The van der Waals surface area contributed by atoms with E-state index in [2.05, 4.69) is 5.32 Å². The number of phenolic OH excluding ortho intramolecular Hbond substituents is 1. The molecule has 23 heavy (non-hydrogen) atoms. The molecule has 0 aromatic heterocycles. The lowest BCUT2D eigenvalue weighted by Gasteiger charge is -2.35. The average Bonchev–Trinajstić information content (AvgIpc) is 2.59. The lowest BCUT2D eigenvalue weighted by atomic mass is 9.85. The van der Waals surface area contributed by atoms with Crippen molar-refractivity contribution < 1.29 is 14.6 Å². The van der Waals surface area contributed by atoms with Crippen LogP contribution in [0.15, 0.2) is 12.1 Å². The quantitative estimate of drug-likeness (QED) is 0.851. The van der Waals surface area contributed by atoms with E-state index in [1.54, 1.807) is 12.1 Å². The number of halogens is 2. The van der Waals surface area contributed by atoms with Gasteiger partial charge in [-0.25, -0.2) is 0 Å². The van der Waals surface area contributed by atoms with Gasteiger partial charge >= 0.3 is 0 Å². The predicted octanol–water partition coefficient (Wildman–Crippen LogP) is 2.39. The molecule has 0 saturated carbocycles. The van der Waals surface area contributed by atoms with Gasteiger partial charge in [0.2, 0.25) is 5.91 Å². The van der Waals surface area contributed by atoms with Crippen LogP contribution < -0.4 is 5.32 Å². The minimum atomic E-state index is -0.263. The van der Waals surface area contributed by atoms with Gasteiger partial charge in [-0.15, -0.1) is 0 Å². The number of ether oxygens (including phenoxy) is 1. The number of carbonyl (C=O) groups excluding carboxylic acids is 1. The molecule has 0 unspecified atom stereocenters. The molecule has 0 spiro atoms. The van der Waals surface area contributed by atoms with Gasteiger partial charge in [0.1, 0.15) is 5.75 Å². The number of hydrogen-bond acceptors (Lipinski definition) is 4. The van der Waals surface area contributed by atoms with Crippen molar-refractivity contribution in [3.05, 3.63) is 27.7 Å². The fourth-order valence-corrected chi connectivity index (χ4v) is 3.80. The predicted molar refractivity (Wildman–Crippen MR) is 89.3 cm³/mol. The smallest absolute Gasteiger partial charge is 0.239 e. The minimum absolute atomic E-state index is 0.0115. The first-order valence-corrected chi connectivity index (χ1v) is 8.60. The van der Waals surface area contributed by atoms with Crippen molar-refractivity contribution in [3.8, 4) is 5.75 Å². The zero-order valence-electron chi connectivity index (χ0n) is 12.7. The van der Waals surface area contributed by atoms with E-state index in [-0.39, 0.29) is 23.6 Å². The Balaban J connectivity index is 1.76. The highest BCUT2D eigenvalue weighted by atomic mass is 35.5. The summed E-state index contributed by atoms with van der Waals surface area (Å²) < 4.78 is 5.29. The molecule has 7 heteroatoms. The first kappa shape index (κ1) is 16.8. The molecule has 3 rings (SSSR count). The Morgan fingerprint density at radius 3 is 2.78 bits per heavy atom. The van der Waals surface area contributed by atoms with Crippen LogP contribution in [0, 0.1) is 0 Å². The highest BCUT2D eigenvalue weighted by Gasteiger charge is 2.33. The minimum Gasteiger partial charge on any atom is -0.508 e. The van der Waals surface area contributed by atoms with Crippen LogP contribution in [-0.2, 0) is 9.53 Å².